The molecular formula is C24H29NO5. The molecule has 160 valence electrons. The van der Waals surface area contributed by atoms with Gasteiger partial charge in [-0.2, -0.15) is 0 Å². The molecule has 1 amide bonds. The number of carbonyl (C=O) groups excluding carboxylic acids is 1. The van der Waals surface area contributed by atoms with Crippen LogP contribution in [0.25, 0.3) is 0 Å². The van der Waals surface area contributed by atoms with Crippen molar-refractivity contribution >= 4 is 11.6 Å². The number of anilines is 1. The highest BCUT2D eigenvalue weighted by atomic mass is 16.7. The number of aliphatic hydroxyl groups excluding tert-OH is 1. The summed E-state index contributed by atoms with van der Waals surface area (Å²) in [5.41, 5.74) is 1.74. The minimum atomic E-state index is -0.574. The van der Waals surface area contributed by atoms with Gasteiger partial charge in [0.25, 0.3) is 5.91 Å². The predicted molar refractivity (Wildman–Crippen MR) is 115 cm³/mol. The second kappa shape index (κ2) is 10.8. The van der Waals surface area contributed by atoms with Gasteiger partial charge in [0.05, 0.1) is 7.11 Å². The Labute approximate surface area is 177 Å². The van der Waals surface area contributed by atoms with E-state index < -0.39 is 6.29 Å². The summed E-state index contributed by atoms with van der Waals surface area (Å²) in [5, 5.41) is 12.2. The number of benzene rings is 2. The summed E-state index contributed by atoms with van der Waals surface area (Å²) >= 11 is 0. The molecule has 2 N–H and O–H groups in total. The van der Waals surface area contributed by atoms with Crippen LogP contribution in [0.3, 0.4) is 0 Å². The highest BCUT2D eigenvalue weighted by Gasteiger charge is 2.37. The maximum atomic E-state index is 12.9. The Hall–Kier alpha value is -2.83. The molecule has 1 aliphatic heterocycles. The molecule has 0 fully saturated rings. The van der Waals surface area contributed by atoms with Gasteiger partial charge < -0.3 is 24.6 Å². The SMILES string of the molecule is CCO[C@H]1OC(C(=O)Nc2ccccc2)=C[C@@H](c2ccc(OC)cc2)[C@H]1CCCO. The molecule has 2 aromatic rings. The van der Waals surface area contributed by atoms with Gasteiger partial charge in [0.2, 0.25) is 6.29 Å². The number of para-hydroxylation sites is 1. The molecule has 0 saturated heterocycles. The van der Waals surface area contributed by atoms with Crippen LogP contribution in [-0.4, -0.2) is 37.6 Å². The first-order valence-electron chi connectivity index (χ1n) is 10.3. The quantitative estimate of drug-likeness (QED) is 0.650. The van der Waals surface area contributed by atoms with Gasteiger partial charge in [0.1, 0.15) is 5.75 Å². The third-order valence-electron chi connectivity index (χ3n) is 5.17. The average Bonchev–Trinajstić information content (AvgIpc) is 2.78. The molecule has 0 saturated carbocycles. The summed E-state index contributed by atoms with van der Waals surface area (Å²) in [6.45, 7) is 2.45. The first-order valence-corrected chi connectivity index (χ1v) is 10.3. The third-order valence-corrected chi connectivity index (χ3v) is 5.17. The Morgan fingerprint density at radius 2 is 1.87 bits per heavy atom. The average molecular weight is 411 g/mol. The lowest BCUT2D eigenvalue weighted by molar-refractivity contribution is -0.165. The van der Waals surface area contributed by atoms with Crippen molar-refractivity contribution in [1.82, 2.24) is 0 Å². The van der Waals surface area contributed by atoms with Crippen LogP contribution in [0.5, 0.6) is 5.75 Å². The Kier molecular flexibility index (Phi) is 7.88. The smallest absolute Gasteiger partial charge is 0.290 e. The van der Waals surface area contributed by atoms with Crippen molar-refractivity contribution in [3.63, 3.8) is 0 Å². The number of rotatable bonds is 9. The Balaban J connectivity index is 1.92. The second-order valence-electron chi connectivity index (χ2n) is 7.12. The lowest BCUT2D eigenvalue weighted by Crippen LogP contribution is -2.37. The number of amides is 1. The predicted octanol–water partition coefficient (Wildman–Crippen LogP) is 4.08. The zero-order chi connectivity index (χ0) is 21.3. The molecule has 0 unspecified atom stereocenters. The molecule has 0 aromatic heterocycles. The monoisotopic (exact) mass is 411 g/mol. The normalized spacial score (nSPS) is 20.8. The Bertz CT molecular complexity index is 834. The fourth-order valence-electron chi connectivity index (χ4n) is 3.69. The molecule has 0 bridgehead atoms. The van der Waals surface area contributed by atoms with Crippen LogP contribution in [0.1, 0.15) is 31.2 Å². The molecule has 0 aliphatic carbocycles. The maximum absolute atomic E-state index is 12.9. The molecule has 6 heteroatoms. The van der Waals surface area contributed by atoms with Crippen molar-refractivity contribution in [2.24, 2.45) is 5.92 Å². The van der Waals surface area contributed by atoms with Gasteiger partial charge in [-0.25, -0.2) is 0 Å². The van der Waals surface area contributed by atoms with E-state index in [1.165, 1.54) is 0 Å². The Morgan fingerprint density at radius 1 is 1.13 bits per heavy atom. The van der Waals surface area contributed by atoms with E-state index in [0.29, 0.717) is 25.1 Å². The molecule has 1 heterocycles. The minimum Gasteiger partial charge on any atom is -0.497 e. The largest absolute Gasteiger partial charge is 0.497 e. The number of carbonyl (C=O) groups is 1. The number of hydrogen-bond acceptors (Lipinski definition) is 5. The van der Waals surface area contributed by atoms with Crippen molar-refractivity contribution in [3.8, 4) is 5.75 Å². The van der Waals surface area contributed by atoms with Crippen molar-refractivity contribution in [2.75, 3.05) is 25.6 Å². The fraction of sp³-hybridized carbons (Fsp3) is 0.375. The molecule has 3 atom stereocenters. The lowest BCUT2D eigenvalue weighted by Gasteiger charge is -2.37. The van der Waals surface area contributed by atoms with Crippen LogP contribution in [0.2, 0.25) is 0 Å². The zero-order valence-electron chi connectivity index (χ0n) is 17.4. The summed E-state index contributed by atoms with van der Waals surface area (Å²) in [5.74, 6) is 0.566. The molecule has 30 heavy (non-hydrogen) atoms. The van der Waals surface area contributed by atoms with E-state index in [1.54, 1.807) is 7.11 Å². The highest BCUT2D eigenvalue weighted by Crippen LogP contribution is 2.40. The summed E-state index contributed by atoms with van der Waals surface area (Å²) in [6.07, 6.45) is 2.62. The van der Waals surface area contributed by atoms with E-state index in [1.807, 2.05) is 67.6 Å². The number of methoxy groups -OCH3 is 1. The summed E-state index contributed by atoms with van der Waals surface area (Å²) < 4.78 is 17.1. The van der Waals surface area contributed by atoms with Crippen LogP contribution in [-0.2, 0) is 14.3 Å². The van der Waals surface area contributed by atoms with Gasteiger partial charge in [0.15, 0.2) is 5.76 Å². The first-order chi connectivity index (χ1) is 14.7. The van der Waals surface area contributed by atoms with Gasteiger partial charge in [0, 0.05) is 30.7 Å². The number of hydrogen-bond donors (Lipinski definition) is 2. The first kappa shape index (κ1) is 21.9. The molecule has 0 radical (unpaired) electrons. The van der Waals surface area contributed by atoms with Gasteiger partial charge in [-0.15, -0.1) is 0 Å². The van der Waals surface area contributed by atoms with Gasteiger partial charge in [-0.05, 0) is 55.7 Å². The maximum Gasteiger partial charge on any atom is 0.290 e. The number of ether oxygens (including phenoxy) is 3. The molecule has 0 spiro atoms. The second-order valence-corrected chi connectivity index (χ2v) is 7.12. The standard InChI is InChI=1S/C24H29NO5/c1-3-29-24-20(10-7-15-26)21(17-11-13-19(28-2)14-12-17)16-22(30-24)23(27)25-18-8-5-4-6-9-18/h4-6,8-9,11-14,16,20-21,24,26H,3,7,10,15H2,1-2H3,(H,25,27)/t20-,21+,24+/m1/s1. The van der Waals surface area contributed by atoms with Crippen molar-refractivity contribution in [2.45, 2.75) is 32.0 Å². The van der Waals surface area contributed by atoms with Crippen molar-refractivity contribution in [1.29, 1.82) is 0 Å². The van der Waals surface area contributed by atoms with E-state index >= 15 is 0 Å². The van der Waals surface area contributed by atoms with Gasteiger partial charge >= 0.3 is 0 Å². The van der Waals surface area contributed by atoms with E-state index in [0.717, 1.165) is 11.3 Å². The van der Waals surface area contributed by atoms with Crippen LogP contribution >= 0.6 is 0 Å². The molecular weight excluding hydrogens is 382 g/mol. The van der Waals surface area contributed by atoms with Crippen LogP contribution < -0.4 is 10.1 Å². The third kappa shape index (κ3) is 5.40. The van der Waals surface area contributed by atoms with Gasteiger partial charge in [-0.3, -0.25) is 4.79 Å². The van der Waals surface area contributed by atoms with E-state index in [2.05, 4.69) is 5.32 Å². The highest BCUT2D eigenvalue weighted by molar-refractivity contribution is 6.02. The van der Waals surface area contributed by atoms with Crippen molar-refractivity contribution < 1.29 is 24.1 Å². The van der Waals surface area contributed by atoms with E-state index in [4.69, 9.17) is 14.2 Å². The van der Waals surface area contributed by atoms with Gasteiger partial charge in [-0.1, -0.05) is 30.3 Å². The topological polar surface area (TPSA) is 77.0 Å². The Morgan fingerprint density at radius 3 is 2.50 bits per heavy atom. The molecule has 6 nitrogen and oxygen atoms in total. The summed E-state index contributed by atoms with van der Waals surface area (Å²) in [6, 6.07) is 17.1. The number of nitrogens with one attached hydrogen (secondary N) is 1. The lowest BCUT2D eigenvalue weighted by atomic mass is 9.80. The van der Waals surface area contributed by atoms with Crippen LogP contribution in [0, 0.1) is 5.92 Å². The molecule has 2 aromatic carbocycles. The fourth-order valence-corrected chi connectivity index (χ4v) is 3.69. The molecule has 3 rings (SSSR count). The van der Waals surface area contributed by atoms with E-state index in [9.17, 15) is 9.90 Å². The summed E-state index contributed by atoms with van der Waals surface area (Å²) in [7, 11) is 1.63. The van der Waals surface area contributed by atoms with E-state index in [-0.39, 0.29) is 30.1 Å². The van der Waals surface area contributed by atoms with Crippen LogP contribution in [0.4, 0.5) is 5.69 Å². The van der Waals surface area contributed by atoms with Crippen molar-refractivity contribution in [3.05, 3.63) is 72.0 Å². The zero-order valence-corrected chi connectivity index (χ0v) is 17.4. The number of allylic oxidation sites excluding steroid dienone is 1. The molecule has 1 aliphatic rings. The summed E-state index contributed by atoms with van der Waals surface area (Å²) in [4.78, 5) is 12.9. The van der Waals surface area contributed by atoms with Crippen LogP contribution in [0.15, 0.2) is 66.4 Å². The number of aliphatic hydroxyl groups is 1. The minimum absolute atomic E-state index is 0.0289.